The monoisotopic (exact) mass is 584 g/mol. The minimum Gasteiger partial charge on any atom is -0.448 e. The zero-order chi connectivity index (χ0) is 28.3. The molecular weight excluding hydrogens is 558 g/mol. The van der Waals surface area contributed by atoms with Crippen molar-refractivity contribution in [1.29, 1.82) is 0 Å². The van der Waals surface area contributed by atoms with Gasteiger partial charge in [-0.3, -0.25) is 4.79 Å². The lowest BCUT2D eigenvalue weighted by atomic mass is 9.46. The van der Waals surface area contributed by atoms with Gasteiger partial charge in [-0.15, -0.1) is 0 Å². The van der Waals surface area contributed by atoms with E-state index >= 15 is 0 Å². The van der Waals surface area contributed by atoms with Crippen LogP contribution in [0.1, 0.15) is 30.1 Å². The maximum atomic E-state index is 13.7. The fraction of sp³-hybridized carbons (Fsp3) is 0.462. The minimum atomic E-state index is -4.07. The first-order chi connectivity index (χ1) is 18.3. The van der Waals surface area contributed by atoms with E-state index in [2.05, 4.69) is 5.32 Å². The standard InChI is InChI=1S/C26H27ClF2N2O7S/c1-13-17-10-16(11-18(13)26(17,35)23(32)12-31-6-7-38-25(31)34)39(36,37)22-8-14(2-4-19(22)27)24(33)30-15-3-5-20(28)21(29)9-15/h2-5,8-9,13,16-18,23,32,35H,6-7,10-12H2,1H3,(H,30,33)/t13-,16-,17?,18?,23?,26+. The first-order valence-electron chi connectivity index (χ1n) is 12.5. The lowest BCUT2D eigenvalue weighted by Crippen LogP contribution is -2.73. The molecule has 210 valence electrons. The normalized spacial score (nSPS) is 29.0. The molecule has 4 aliphatic rings. The molecule has 0 spiro atoms. The second kappa shape index (κ2) is 9.99. The van der Waals surface area contributed by atoms with Crippen LogP contribution in [0.5, 0.6) is 0 Å². The Balaban J connectivity index is 1.34. The number of carbonyl (C=O) groups excluding carboxylic acids is 2. The van der Waals surface area contributed by atoms with E-state index in [-0.39, 0.29) is 53.1 Å². The molecule has 2 bridgehead atoms. The number of β-amino-alcohol motifs (C(OH)–C–C–N with tert-alkyl or cyclic N) is 1. The van der Waals surface area contributed by atoms with Crippen molar-refractivity contribution in [3.8, 4) is 0 Å². The van der Waals surface area contributed by atoms with E-state index in [1.807, 2.05) is 6.92 Å². The SMILES string of the molecule is C[C@H]1C2C[C@H](S(=O)(=O)c3cc(C(=O)Nc4ccc(F)c(F)c4)ccc3Cl)CC1[C@@]2(O)C(O)CN1CCOC1=O. The van der Waals surface area contributed by atoms with Gasteiger partial charge in [-0.1, -0.05) is 18.5 Å². The molecule has 3 atom stereocenters. The number of nitrogens with one attached hydrogen (secondary N) is 1. The maximum absolute atomic E-state index is 13.7. The highest BCUT2D eigenvalue weighted by molar-refractivity contribution is 7.92. The summed E-state index contributed by atoms with van der Waals surface area (Å²) in [5.41, 5.74) is -1.62. The summed E-state index contributed by atoms with van der Waals surface area (Å²) < 4.78 is 59.0. The van der Waals surface area contributed by atoms with E-state index in [1.54, 1.807) is 0 Å². The Hall–Kier alpha value is -2.80. The highest BCUT2D eigenvalue weighted by Gasteiger charge is 2.67. The van der Waals surface area contributed by atoms with Crippen molar-refractivity contribution in [1.82, 2.24) is 4.90 Å². The van der Waals surface area contributed by atoms with Crippen LogP contribution < -0.4 is 5.32 Å². The van der Waals surface area contributed by atoms with Crippen LogP contribution in [0.25, 0.3) is 0 Å². The van der Waals surface area contributed by atoms with Gasteiger partial charge in [0.1, 0.15) is 12.7 Å². The molecule has 2 aromatic rings. The van der Waals surface area contributed by atoms with Crippen LogP contribution in [0.4, 0.5) is 19.3 Å². The highest BCUT2D eigenvalue weighted by Crippen LogP contribution is 2.60. The fourth-order valence-corrected chi connectivity index (χ4v) is 8.61. The van der Waals surface area contributed by atoms with E-state index in [0.29, 0.717) is 6.54 Å². The third-order valence-electron chi connectivity index (χ3n) is 8.38. The van der Waals surface area contributed by atoms with Gasteiger partial charge in [-0.05, 0) is 60.9 Å². The fourth-order valence-electron chi connectivity index (χ4n) is 6.26. The molecule has 2 amide bonds. The van der Waals surface area contributed by atoms with Crippen molar-refractivity contribution >= 4 is 39.1 Å². The summed E-state index contributed by atoms with van der Waals surface area (Å²) in [6.07, 6.45) is -1.73. The predicted octanol–water partition coefficient (Wildman–Crippen LogP) is 3.23. The smallest absolute Gasteiger partial charge is 0.410 e. The van der Waals surface area contributed by atoms with Gasteiger partial charge < -0.3 is 25.2 Å². The van der Waals surface area contributed by atoms with E-state index < -0.39 is 62.3 Å². The predicted molar refractivity (Wildman–Crippen MR) is 136 cm³/mol. The number of hydrogen-bond acceptors (Lipinski definition) is 7. The van der Waals surface area contributed by atoms with E-state index in [9.17, 15) is 37.0 Å². The van der Waals surface area contributed by atoms with Gasteiger partial charge in [0.2, 0.25) is 0 Å². The van der Waals surface area contributed by atoms with E-state index in [0.717, 1.165) is 18.2 Å². The largest absolute Gasteiger partial charge is 0.448 e. The molecule has 13 heteroatoms. The molecule has 9 nitrogen and oxygen atoms in total. The Bertz CT molecular complexity index is 1430. The highest BCUT2D eigenvalue weighted by atomic mass is 35.5. The van der Waals surface area contributed by atoms with Crippen molar-refractivity contribution in [3.63, 3.8) is 0 Å². The Kier molecular flexibility index (Phi) is 7.11. The van der Waals surface area contributed by atoms with Crippen LogP contribution in [0, 0.1) is 29.4 Å². The zero-order valence-electron chi connectivity index (χ0n) is 20.8. The molecular formula is C26H27ClF2N2O7S. The summed E-state index contributed by atoms with van der Waals surface area (Å²) in [6, 6.07) is 6.55. The molecule has 6 rings (SSSR count). The van der Waals surface area contributed by atoms with Crippen LogP contribution in [-0.2, 0) is 14.6 Å². The third-order valence-corrected chi connectivity index (χ3v) is 11.0. The molecule has 3 saturated carbocycles. The number of aliphatic hydroxyl groups is 2. The molecule has 1 aliphatic heterocycles. The Morgan fingerprint density at radius 1 is 1.21 bits per heavy atom. The number of carbonyl (C=O) groups is 2. The molecule has 0 radical (unpaired) electrons. The molecule has 1 saturated heterocycles. The van der Waals surface area contributed by atoms with Crippen LogP contribution in [-0.4, -0.2) is 72.2 Å². The summed E-state index contributed by atoms with van der Waals surface area (Å²) in [6.45, 7) is 2.27. The van der Waals surface area contributed by atoms with Gasteiger partial charge in [0, 0.05) is 17.3 Å². The zero-order valence-corrected chi connectivity index (χ0v) is 22.4. The summed E-state index contributed by atoms with van der Waals surface area (Å²) in [5.74, 6) is -4.10. The number of benzene rings is 2. The van der Waals surface area contributed by atoms with Gasteiger partial charge in [0.25, 0.3) is 5.91 Å². The lowest BCUT2D eigenvalue weighted by molar-refractivity contribution is -0.264. The maximum Gasteiger partial charge on any atom is 0.410 e. The summed E-state index contributed by atoms with van der Waals surface area (Å²) in [4.78, 5) is 25.6. The Morgan fingerprint density at radius 2 is 1.90 bits per heavy atom. The summed E-state index contributed by atoms with van der Waals surface area (Å²) in [7, 11) is -4.07. The van der Waals surface area contributed by atoms with Crippen molar-refractivity contribution in [2.45, 2.75) is 41.6 Å². The summed E-state index contributed by atoms with van der Waals surface area (Å²) >= 11 is 6.25. The number of ether oxygens (including phenoxy) is 1. The van der Waals surface area contributed by atoms with Crippen LogP contribution in [0.15, 0.2) is 41.3 Å². The Morgan fingerprint density at radius 3 is 2.51 bits per heavy atom. The Labute approximate surface area is 228 Å². The quantitative estimate of drug-likeness (QED) is 0.455. The molecule has 3 N–H and O–H groups in total. The molecule has 3 aliphatic carbocycles. The van der Waals surface area contributed by atoms with Gasteiger partial charge in [0.05, 0.1) is 33.9 Å². The van der Waals surface area contributed by atoms with Gasteiger partial charge >= 0.3 is 6.09 Å². The first-order valence-corrected chi connectivity index (χ1v) is 14.4. The van der Waals surface area contributed by atoms with Crippen molar-refractivity contribution < 1.29 is 41.7 Å². The first kappa shape index (κ1) is 27.8. The average Bonchev–Trinajstić information content (AvgIpc) is 3.30. The van der Waals surface area contributed by atoms with Crippen molar-refractivity contribution in [3.05, 3.63) is 58.6 Å². The number of halogens is 3. The topological polar surface area (TPSA) is 133 Å². The summed E-state index contributed by atoms with van der Waals surface area (Å²) in [5, 5.41) is 23.7. The van der Waals surface area contributed by atoms with Gasteiger partial charge in [-0.25, -0.2) is 22.0 Å². The number of fused-ring (bicyclic) bond motifs is 2. The third kappa shape index (κ3) is 4.66. The molecule has 2 aromatic carbocycles. The number of anilines is 1. The van der Waals surface area contributed by atoms with Crippen LogP contribution in [0.3, 0.4) is 0 Å². The van der Waals surface area contributed by atoms with Gasteiger partial charge in [0.15, 0.2) is 21.5 Å². The van der Waals surface area contributed by atoms with E-state index in [4.69, 9.17) is 16.3 Å². The molecule has 1 heterocycles. The lowest BCUT2D eigenvalue weighted by Gasteiger charge is -2.64. The molecule has 3 unspecified atom stereocenters. The number of aliphatic hydroxyl groups excluding tert-OH is 1. The van der Waals surface area contributed by atoms with Crippen LogP contribution in [0.2, 0.25) is 5.02 Å². The van der Waals surface area contributed by atoms with Gasteiger partial charge in [-0.2, -0.15) is 0 Å². The molecule has 0 aromatic heterocycles. The van der Waals surface area contributed by atoms with Crippen LogP contribution >= 0.6 is 11.6 Å². The van der Waals surface area contributed by atoms with Crippen molar-refractivity contribution in [2.75, 3.05) is 25.0 Å². The number of sulfone groups is 1. The molecule has 39 heavy (non-hydrogen) atoms. The second-order valence-corrected chi connectivity index (χ2v) is 13.0. The number of cyclic esters (lactones) is 1. The number of nitrogens with zero attached hydrogens (tertiary/aromatic N) is 1. The minimum absolute atomic E-state index is 0.0142. The number of hydrogen-bond donors (Lipinski definition) is 3. The van der Waals surface area contributed by atoms with E-state index in [1.165, 1.54) is 23.1 Å². The number of amides is 2. The van der Waals surface area contributed by atoms with Crippen molar-refractivity contribution in [2.24, 2.45) is 17.8 Å². The average molecular weight is 585 g/mol. The molecule has 4 fully saturated rings. The number of rotatable bonds is 7. The second-order valence-electron chi connectivity index (χ2n) is 10.4.